The summed E-state index contributed by atoms with van der Waals surface area (Å²) in [5, 5.41) is 0.363. The number of rotatable bonds is 5. The number of hydrogen-bond donors (Lipinski definition) is 0. The van der Waals surface area contributed by atoms with Crippen LogP contribution in [0.5, 0.6) is 0 Å². The van der Waals surface area contributed by atoms with Gasteiger partial charge in [-0.3, -0.25) is 0 Å². The fourth-order valence-corrected chi connectivity index (χ4v) is 7.15. The van der Waals surface area contributed by atoms with Gasteiger partial charge in [0.05, 0.1) is 13.5 Å². The van der Waals surface area contributed by atoms with Crippen molar-refractivity contribution in [2.24, 2.45) is 0 Å². The van der Waals surface area contributed by atoms with Crippen molar-refractivity contribution in [1.29, 1.82) is 0 Å². The van der Waals surface area contributed by atoms with Gasteiger partial charge in [-0.2, -0.15) is 0 Å². The molecule has 0 aliphatic carbocycles. The van der Waals surface area contributed by atoms with Crippen molar-refractivity contribution < 1.29 is 8.42 Å². The van der Waals surface area contributed by atoms with Crippen LogP contribution in [0.4, 0.5) is 0 Å². The highest BCUT2D eigenvalue weighted by atomic mass is 32.2. The lowest BCUT2D eigenvalue weighted by atomic mass is 10.7. The van der Waals surface area contributed by atoms with Crippen molar-refractivity contribution in [3.05, 3.63) is 0 Å². The highest BCUT2D eigenvalue weighted by Gasteiger charge is 2.27. The van der Waals surface area contributed by atoms with Gasteiger partial charge in [0.1, 0.15) is 0 Å². The first-order valence-electron chi connectivity index (χ1n) is 4.70. The smallest absolute Gasteiger partial charge is 0.211 e. The molecule has 0 aromatic carbocycles. The zero-order chi connectivity index (χ0) is 10.7. The molecule has 0 amide bonds. The topological polar surface area (TPSA) is 37.4 Å². The van der Waals surface area contributed by atoms with Crippen LogP contribution in [0.3, 0.4) is 0 Å². The molecule has 0 aliphatic rings. The lowest BCUT2D eigenvalue weighted by Crippen LogP contribution is -2.41. The van der Waals surface area contributed by atoms with Crippen molar-refractivity contribution in [1.82, 2.24) is 4.31 Å². The molecular weight excluding hydrogens is 202 g/mol. The third kappa shape index (κ3) is 4.78. The molecule has 0 atom stereocenters. The van der Waals surface area contributed by atoms with Crippen LogP contribution in [0.2, 0.25) is 19.6 Å². The third-order valence-electron chi connectivity index (χ3n) is 1.71. The molecule has 0 radical (unpaired) electrons. The molecule has 0 spiro atoms. The Morgan fingerprint density at radius 3 is 1.69 bits per heavy atom. The second kappa shape index (κ2) is 4.57. The summed E-state index contributed by atoms with van der Waals surface area (Å²) in [5.74, 6) is 0. The predicted octanol–water partition coefficient (Wildman–Crippen LogP) is 1.54. The van der Waals surface area contributed by atoms with Gasteiger partial charge in [-0.15, -0.1) is 0 Å². The molecular formula is C8H21NO2SSi. The average Bonchev–Trinajstić information content (AvgIpc) is 1.83. The summed E-state index contributed by atoms with van der Waals surface area (Å²) in [6, 6.07) is 0. The van der Waals surface area contributed by atoms with E-state index in [1.54, 1.807) is 4.31 Å². The Labute approximate surface area is 83.2 Å². The number of nitrogens with zero attached hydrogens (tertiary/aromatic N) is 1. The minimum Gasteiger partial charge on any atom is -0.213 e. The Balaban J connectivity index is 4.58. The van der Waals surface area contributed by atoms with E-state index in [9.17, 15) is 8.42 Å². The van der Waals surface area contributed by atoms with Gasteiger partial charge in [0.2, 0.25) is 10.0 Å². The van der Waals surface area contributed by atoms with E-state index < -0.39 is 18.1 Å². The molecule has 0 aromatic rings. The van der Waals surface area contributed by atoms with E-state index in [4.69, 9.17) is 0 Å². The summed E-state index contributed by atoms with van der Waals surface area (Å²) in [5.41, 5.74) is 0. The second-order valence-electron chi connectivity index (χ2n) is 4.40. The van der Waals surface area contributed by atoms with Crippen LogP contribution < -0.4 is 0 Å². The van der Waals surface area contributed by atoms with Crippen LogP contribution in [0.15, 0.2) is 0 Å². The third-order valence-corrected chi connectivity index (χ3v) is 7.94. The van der Waals surface area contributed by atoms with Crippen LogP contribution in [0.25, 0.3) is 0 Å². The maximum absolute atomic E-state index is 11.8. The standard InChI is InChI=1S/C8H21NO2SSi/c1-6-9(7-2)12(10,11)8-13(3,4)5/h6-8H2,1-5H3. The van der Waals surface area contributed by atoms with Crippen LogP contribution in [0.1, 0.15) is 13.8 Å². The minimum atomic E-state index is -2.99. The molecule has 0 unspecified atom stereocenters. The fourth-order valence-electron chi connectivity index (χ4n) is 1.26. The van der Waals surface area contributed by atoms with Crippen LogP contribution >= 0.6 is 0 Å². The van der Waals surface area contributed by atoms with Crippen molar-refractivity contribution in [2.75, 3.05) is 18.5 Å². The van der Waals surface area contributed by atoms with Gasteiger partial charge in [-0.05, 0) is 0 Å². The van der Waals surface area contributed by atoms with Gasteiger partial charge in [0.25, 0.3) is 0 Å². The van der Waals surface area contributed by atoms with Gasteiger partial charge in [-0.1, -0.05) is 33.5 Å². The van der Waals surface area contributed by atoms with E-state index in [1.807, 2.05) is 13.8 Å². The highest BCUT2D eigenvalue weighted by molar-refractivity contribution is 7.90. The van der Waals surface area contributed by atoms with Crippen molar-refractivity contribution in [3.8, 4) is 0 Å². The molecule has 0 bridgehead atoms. The Morgan fingerprint density at radius 2 is 1.46 bits per heavy atom. The Morgan fingerprint density at radius 1 is 1.08 bits per heavy atom. The maximum Gasteiger partial charge on any atom is 0.211 e. The van der Waals surface area contributed by atoms with Gasteiger partial charge in [-0.25, -0.2) is 12.7 Å². The largest absolute Gasteiger partial charge is 0.213 e. The molecule has 80 valence electrons. The summed E-state index contributed by atoms with van der Waals surface area (Å²) in [7, 11) is -4.50. The van der Waals surface area contributed by atoms with E-state index in [1.165, 1.54) is 0 Å². The van der Waals surface area contributed by atoms with Crippen LogP contribution in [-0.4, -0.2) is 39.3 Å². The Hall–Kier alpha value is 0.127. The van der Waals surface area contributed by atoms with Crippen molar-refractivity contribution in [3.63, 3.8) is 0 Å². The van der Waals surface area contributed by atoms with Crippen molar-refractivity contribution >= 4 is 18.1 Å². The van der Waals surface area contributed by atoms with Gasteiger partial charge < -0.3 is 0 Å². The van der Waals surface area contributed by atoms with Gasteiger partial charge >= 0.3 is 0 Å². The van der Waals surface area contributed by atoms with E-state index in [2.05, 4.69) is 19.6 Å². The summed E-state index contributed by atoms with van der Waals surface area (Å²) in [6.07, 6.45) is 0. The molecule has 0 N–H and O–H groups in total. The Kier molecular flexibility index (Phi) is 4.61. The zero-order valence-corrected chi connectivity index (χ0v) is 11.1. The van der Waals surface area contributed by atoms with Crippen molar-refractivity contribution in [2.45, 2.75) is 33.5 Å². The normalized spacial score (nSPS) is 13.7. The summed E-state index contributed by atoms with van der Waals surface area (Å²) in [6.45, 7) is 11.2. The SMILES string of the molecule is CCN(CC)S(=O)(=O)C[Si](C)(C)C. The molecule has 13 heavy (non-hydrogen) atoms. The second-order valence-corrected chi connectivity index (χ2v) is 12.4. The van der Waals surface area contributed by atoms with Gasteiger partial charge in [0.15, 0.2) is 0 Å². The van der Waals surface area contributed by atoms with Crippen LogP contribution in [-0.2, 0) is 10.0 Å². The summed E-state index contributed by atoms with van der Waals surface area (Å²) < 4.78 is 25.1. The van der Waals surface area contributed by atoms with E-state index in [-0.39, 0.29) is 0 Å². The number of sulfonamides is 1. The highest BCUT2D eigenvalue weighted by Crippen LogP contribution is 2.09. The molecule has 0 aliphatic heterocycles. The molecule has 0 aromatic heterocycles. The Bertz CT molecular complexity index is 239. The minimum absolute atomic E-state index is 0.363. The molecule has 0 saturated heterocycles. The molecule has 0 rings (SSSR count). The molecule has 3 nitrogen and oxygen atoms in total. The fraction of sp³-hybridized carbons (Fsp3) is 1.00. The lowest BCUT2D eigenvalue weighted by Gasteiger charge is -2.23. The summed E-state index contributed by atoms with van der Waals surface area (Å²) in [4.78, 5) is 0. The van der Waals surface area contributed by atoms with E-state index in [0.29, 0.717) is 18.5 Å². The first-order valence-corrected chi connectivity index (χ1v) is 10.0. The van der Waals surface area contributed by atoms with E-state index >= 15 is 0 Å². The van der Waals surface area contributed by atoms with E-state index in [0.717, 1.165) is 0 Å². The number of hydrogen-bond acceptors (Lipinski definition) is 2. The quantitative estimate of drug-likeness (QED) is 0.663. The summed E-state index contributed by atoms with van der Waals surface area (Å²) >= 11 is 0. The zero-order valence-electron chi connectivity index (χ0n) is 9.29. The first kappa shape index (κ1) is 13.1. The molecule has 0 saturated carbocycles. The molecule has 0 heterocycles. The maximum atomic E-state index is 11.8. The molecule has 0 fully saturated rings. The van der Waals surface area contributed by atoms with Crippen LogP contribution in [0, 0.1) is 0 Å². The predicted molar refractivity (Wildman–Crippen MR) is 60.1 cm³/mol. The average molecular weight is 223 g/mol. The lowest BCUT2D eigenvalue weighted by molar-refractivity contribution is 0.448. The van der Waals surface area contributed by atoms with Gasteiger partial charge in [0, 0.05) is 13.1 Å². The first-order chi connectivity index (χ1) is 5.73. The molecule has 5 heteroatoms. The monoisotopic (exact) mass is 223 g/mol.